The lowest BCUT2D eigenvalue weighted by Gasteiger charge is -2.12. The van der Waals surface area contributed by atoms with E-state index in [9.17, 15) is 0 Å². The fourth-order valence-electron chi connectivity index (χ4n) is 1.89. The Morgan fingerprint density at radius 1 is 1.10 bits per heavy atom. The van der Waals surface area contributed by atoms with Gasteiger partial charge in [-0.25, -0.2) is 0 Å². The molecule has 0 aliphatic rings. The molecule has 0 saturated heterocycles. The van der Waals surface area contributed by atoms with E-state index in [-0.39, 0.29) is 4.83 Å². The summed E-state index contributed by atoms with van der Waals surface area (Å²) in [4.78, 5) is 0.248. The number of hydrogen-bond donors (Lipinski definition) is 0. The zero-order chi connectivity index (χ0) is 14.7. The van der Waals surface area contributed by atoms with Gasteiger partial charge in [-0.05, 0) is 67.6 Å². The van der Waals surface area contributed by atoms with Crippen molar-refractivity contribution in [1.82, 2.24) is 0 Å². The van der Waals surface area contributed by atoms with Crippen LogP contribution in [0.2, 0.25) is 0 Å². The fourth-order valence-corrected chi connectivity index (χ4v) is 6.06. The van der Waals surface area contributed by atoms with E-state index in [1.165, 1.54) is 11.1 Å². The Morgan fingerprint density at radius 2 is 1.80 bits per heavy atom. The Kier molecular flexibility index (Phi) is 5.95. The second kappa shape index (κ2) is 7.29. The molecule has 0 aliphatic heterocycles. The monoisotopic (exact) mass is 482 g/mol. The highest BCUT2D eigenvalue weighted by atomic mass is 79.9. The van der Waals surface area contributed by atoms with Gasteiger partial charge in [0.15, 0.2) is 11.5 Å². The highest BCUT2D eigenvalue weighted by Gasteiger charge is 2.16. The van der Waals surface area contributed by atoms with E-state index >= 15 is 0 Å². The maximum Gasteiger partial charge on any atom is 0.160 e. The van der Waals surface area contributed by atoms with Gasteiger partial charge in [-0.2, -0.15) is 0 Å². The van der Waals surface area contributed by atoms with Gasteiger partial charge >= 0.3 is 0 Å². The molecule has 0 amide bonds. The predicted octanol–water partition coefficient (Wildman–Crippen LogP) is 5.97. The maximum absolute atomic E-state index is 5.34. The van der Waals surface area contributed by atoms with Crippen LogP contribution in [0.1, 0.15) is 16.0 Å². The highest BCUT2D eigenvalue weighted by Crippen LogP contribution is 2.40. The molecule has 6 heteroatoms. The first-order chi connectivity index (χ1) is 9.55. The number of methoxy groups -OCH3 is 2. The van der Waals surface area contributed by atoms with Gasteiger partial charge in [0.25, 0.3) is 0 Å². The predicted molar refractivity (Wildman–Crippen MR) is 94.6 cm³/mol. The van der Waals surface area contributed by atoms with Crippen LogP contribution in [0.15, 0.2) is 31.8 Å². The van der Waals surface area contributed by atoms with Gasteiger partial charge in [-0.1, -0.05) is 22.0 Å². The molecule has 1 unspecified atom stereocenters. The molecule has 1 heterocycles. The number of ether oxygens (including phenoxy) is 2. The third-order valence-electron chi connectivity index (χ3n) is 2.88. The van der Waals surface area contributed by atoms with E-state index in [2.05, 4.69) is 59.9 Å². The van der Waals surface area contributed by atoms with Gasteiger partial charge in [0, 0.05) is 4.83 Å². The molecule has 20 heavy (non-hydrogen) atoms. The average molecular weight is 485 g/mol. The van der Waals surface area contributed by atoms with Crippen molar-refractivity contribution in [3.05, 3.63) is 43.0 Å². The normalized spacial score (nSPS) is 12.2. The minimum absolute atomic E-state index is 0.248. The van der Waals surface area contributed by atoms with Gasteiger partial charge < -0.3 is 9.47 Å². The zero-order valence-electron chi connectivity index (χ0n) is 11.0. The van der Waals surface area contributed by atoms with Gasteiger partial charge in [-0.15, -0.1) is 11.3 Å². The molecule has 0 fully saturated rings. The molecular weight excluding hydrogens is 472 g/mol. The molecule has 0 aliphatic carbocycles. The molecule has 0 bridgehead atoms. The summed E-state index contributed by atoms with van der Waals surface area (Å²) in [6, 6.07) is 8.15. The maximum atomic E-state index is 5.34. The first-order valence-electron chi connectivity index (χ1n) is 5.85. The van der Waals surface area contributed by atoms with Crippen molar-refractivity contribution >= 4 is 59.1 Å². The van der Waals surface area contributed by atoms with Gasteiger partial charge in [0.05, 0.1) is 21.8 Å². The Hall–Kier alpha value is -0.0400. The molecule has 1 atom stereocenters. The molecule has 1 aromatic carbocycles. The highest BCUT2D eigenvalue weighted by molar-refractivity contribution is 9.12. The molecule has 2 rings (SSSR count). The second-order valence-corrected chi connectivity index (χ2v) is 9.00. The molecular formula is C14H13Br3O2S. The van der Waals surface area contributed by atoms with Crippen molar-refractivity contribution in [1.29, 1.82) is 0 Å². The fraction of sp³-hybridized carbons (Fsp3) is 0.286. The van der Waals surface area contributed by atoms with Crippen LogP contribution in [0.25, 0.3) is 0 Å². The third-order valence-corrected chi connectivity index (χ3v) is 6.09. The number of hydrogen-bond acceptors (Lipinski definition) is 3. The second-order valence-electron chi connectivity index (χ2n) is 4.14. The van der Waals surface area contributed by atoms with E-state index in [1.807, 2.05) is 12.1 Å². The average Bonchev–Trinajstić information content (AvgIpc) is 2.77. The van der Waals surface area contributed by atoms with Crippen LogP contribution in [0.5, 0.6) is 11.5 Å². The molecule has 0 radical (unpaired) electrons. The van der Waals surface area contributed by atoms with Crippen molar-refractivity contribution in [3.63, 3.8) is 0 Å². The topological polar surface area (TPSA) is 18.5 Å². The summed E-state index contributed by atoms with van der Waals surface area (Å²) in [5.74, 6) is 1.51. The Morgan fingerprint density at radius 3 is 2.35 bits per heavy atom. The first kappa shape index (κ1) is 16.3. The number of rotatable bonds is 5. The Bertz CT molecular complexity index is 598. The van der Waals surface area contributed by atoms with Crippen LogP contribution in [0.4, 0.5) is 0 Å². The summed E-state index contributed by atoms with van der Waals surface area (Å²) < 4.78 is 12.9. The van der Waals surface area contributed by atoms with E-state index in [0.29, 0.717) is 0 Å². The number of benzene rings is 1. The summed E-state index contributed by atoms with van der Waals surface area (Å²) >= 11 is 12.5. The van der Waals surface area contributed by atoms with Crippen LogP contribution in [-0.4, -0.2) is 14.2 Å². The Labute approximate surface area is 147 Å². The van der Waals surface area contributed by atoms with Gasteiger partial charge in [-0.3, -0.25) is 0 Å². The SMILES string of the molecule is COc1ccc(CC(Br)c2cc(Br)sc2Br)cc1OC. The summed E-state index contributed by atoms with van der Waals surface area (Å²) in [7, 11) is 3.30. The first-order valence-corrected chi connectivity index (χ1v) is 9.16. The number of halogens is 3. The van der Waals surface area contributed by atoms with Crippen LogP contribution in [0, 0.1) is 0 Å². The molecule has 108 valence electrons. The lowest BCUT2D eigenvalue weighted by molar-refractivity contribution is 0.354. The molecule has 0 spiro atoms. The van der Waals surface area contributed by atoms with Crippen molar-refractivity contribution in [2.24, 2.45) is 0 Å². The third kappa shape index (κ3) is 3.78. The molecule has 1 aromatic heterocycles. The van der Waals surface area contributed by atoms with Crippen LogP contribution >= 0.6 is 59.1 Å². The largest absolute Gasteiger partial charge is 0.493 e. The standard InChI is InChI=1S/C14H13Br3O2S/c1-18-11-4-3-8(6-12(11)19-2)5-10(15)9-7-13(16)20-14(9)17/h3-4,6-7,10H,5H2,1-2H3. The minimum atomic E-state index is 0.248. The number of alkyl halides is 1. The lowest BCUT2D eigenvalue weighted by atomic mass is 10.1. The minimum Gasteiger partial charge on any atom is -0.493 e. The molecule has 2 aromatic rings. The van der Waals surface area contributed by atoms with Crippen molar-refractivity contribution in [2.75, 3.05) is 14.2 Å². The molecule has 0 saturated carbocycles. The smallest absolute Gasteiger partial charge is 0.160 e. The summed E-state index contributed by atoms with van der Waals surface area (Å²) in [6.45, 7) is 0. The van der Waals surface area contributed by atoms with E-state index < -0.39 is 0 Å². The summed E-state index contributed by atoms with van der Waals surface area (Å²) in [5, 5.41) is 0. The van der Waals surface area contributed by atoms with E-state index in [0.717, 1.165) is 25.5 Å². The number of thiophene rings is 1. The molecule has 0 N–H and O–H groups in total. The lowest BCUT2D eigenvalue weighted by Crippen LogP contribution is -1.97. The van der Waals surface area contributed by atoms with Crippen LogP contribution in [-0.2, 0) is 6.42 Å². The van der Waals surface area contributed by atoms with E-state index in [4.69, 9.17) is 9.47 Å². The quantitative estimate of drug-likeness (QED) is 0.487. The van der Waals surface area contributed by atoms with Gasteiger partial charge in [0.2, 0.25) is 0 Å². The Balaban J connectivity index is 2.19. The van der Waals surface area contributed by atoms with Crippen molar-refractivity contribution in [2.45, 2.75) is 11.2 Å². The zero-order valence-corrected chi connectivity index (χ0v) is 16.5. The van der Waals surface area contributed by atoms with Crippen LogP contribution < -0.4 is 9.47 Å². The molecule has 2 nitrogen and oxygen atoms in total. The van der Waals surface area contributed by atoms with Crippen molar-refractivity contribution < 1.29 is 9.47 Å². The van der Waals surface area contributed by atoms with Crippen molar-refractivity contribution in [3.8, 4) is 11.5 Å². The van der Waals surface area contributed by atoms with Gasteiger partial charge in [0.1, 0.15) is 0 Å². The van der Waals surface area contributed by atoms with E-state index in [1.54, 1.807) is 25.6 Å². The summed E-state index contributed by atoms with van der Waals surface area (Å²) in [6.07, 6.45) is 0.877. The van der Waals surface area contributed by atoms with Crippen LogP contribution in [0.3, 0.4) is 0 Å². The summed E-state index contributed by atoms with van der Waals surface area (Å²) in [5.41, 5.74) is 2.44.